The summed E-state index contributed by atoms with van der Waals surface area (Å²) in [5.74, 6) is 3.57. The first-order valence-corrected chi connectivity index (χ1v) is 7.75. The maximum Gasteiger partial charge on any atom is 0.146 e. The van der Waals surface area contributed by atoms with Gasteiger partial charge in [0, 0.05) is 6.04 Å². The van der Waals surface area contributed by atoms with Crippen molar-refractivity contribution < 1.29 is 4.39 Å². The Kier molecular flexibility index (Phi) is 2.61. The van der Waals surface area contributed by atoms with Crippen molar-refractivity contribution >= 4 is 5.69 Å². The lowest BCUT2D eigenvalue weighted by Crippen LogP contribution is -2.34. The van der Waals surface area contributed by atoms with E-state index in [9.17, 15) is 4.39 Å². The first-order valence-electron chi connectivity index (χ1n) is 7.75. The smallest absolute Gasteiger partial charge is 0.146 e. The molecule has 0 aromatic heterocycles. The van der Waals surface area contributed by atoms with Crippen molar-refractivity contribution in [2.24, 2.45) is 23.7 Å². The van der Waals surface area contributed by atoms with Gasteiger partial charge in [0.25, 0.3) is 0 Å². The highest BCUT2D eigenvalue weighted by Gasteiger charge is 2.53. The molecule has 1 aromatic carbocycles. The zero-order chi connectivity index (χ0) is 13.0. The number of fused-ring (bicyclic) bond motifs is 5. The van der Waals surface area contributed by atoms with Crippen LogP contribution in [0.5, 0.6) is 0 Å². The number of hydrogen-bond acceptors (Lipinski definition) is 1. The van der Waals surface area contributed by atoms with Gasteiger partial charge in [-0.05, 0) is 67.9 Å². The van der Waals surface area contributed by atoms with E-state index in [1.807, 2.05) is 13.0 Å². The maximum atomic E-state index is 14.0. The van der Waals surface area contributed by atoms with Crippen LogP contribution < -0.4 is 5.32 Å². The van der Waals surface area contributed by atoms with E-state index in [1.165, 1.54) is 32.1 Å². The zero-order valence-corrected chi connectivity index (χ0v) is 11.5. The highest BCUT2D eigenvalue weighted by Crippen LogP contribution is 2.59. The number of nitrogens with one attached hydrogen (secondary N) is 1. The van der Waals surface area contributed by atoms with Gasteiger partial charge in [0.15, 0.2) is 0 Å². The summed E-state index contributed by atoms with van der Waals surface area (Å²) in [5, 5.41) is 3.55. The Hall–Kier alpha value is -1.05. The summed E-state index contributed by atoms with van der Waals surface area (Å²) in [6.45, 7) is 2.00. The molecule has 2 heteroatoms. The predicted molar refractivity (Wildman–Crippen MR) is 75.6 cm³/mol. The maximum absolute atomic E-state index is 14.0. The summed E-state index contributed by atoms with van der Waals surface area (Å²) in [5.41, 5.74) is 1.78. The van der Waals surface area contributed by atoms with Gasteiger partial charge in [-0.25, -0.2) is 4.39 Å². The monoisotopic (exact) mass is 259 g/mol. The van der Waals surface area contributed by atoms with Gasteiger partial charge in [0.1, 0.15) is 5.82 Å². The molecule has 5 atom stereocenters. The molecule has 1 aromatic rings. The largest absolute Gasteiger partial charge is 0.379 e. The lowest BCUT2D eigenvalue weighted by atomic mass is 9.79. The van der Waals surface area contributed by atoms with Crippen molar-refractivity contribution in [1.82, 2.24) is 0 Å². The van der Waals surface area contributed by atoms with Gasteiger partial charge in [-0.1, -0.05) is 18.6 Å². The summed E-state index contributed by atoms with van der Waals surface area (Å²) >= 11 is 0. The van der Waals surface area contributed by atoms with Crippen LogP contribution in [-0.2, 0) is 0 Å². The Bertz CT molecular complexity index is 478. The lowest BCUT2D eigenvalue weighted by molar-refractivity contribution is 0.243. The number of benzene rings is 1. The fourth-order valence-corrected chi connectivity index (χ4v) is 5.23. The number of para-hydroxylation sites is 1. The molecule has 0 spiro atoms. The van der Waals surface area contributed by atoms with Crippen LogP contribution in [0.25, 0.3) is 0 Å². The van der Waals surface area contributed by atoms with Gasteiger partial charge < -0.3 is 5.32 Å². The van der Waals surface area contributed by atoms with Gasteiger partial charge in [0.05, 0.1) is 5.69 Å². The molecule has 3 fully saturated rings. The predicted octanol–water partition coefficient (Wildman–Crippen LogP) is 4.37. The molecular formula is C17H22FN. The third kappa shape index (κ3) is 1.72. The average Bonchev–Trinajstić information content (AvgIpc) is 3.05. The molecule has 2 bridgehead atoms. The summed E-state index contributed by atoms with van der Waals surface area (Å²) in [6.07, 6.45) is 6.95. The van der Waals surface area contributed by atoms with Crippen molar-refractivity contribution in [3.05, 3.63) is 29.6 Å². The molecule has 5 unspecified atom stereocenters. The quantitative estimate of drug-likeness (QED) is 0.831. The highest BCUT2D eigenvalue weighted by atomic mass is 19.1. The molecule has 3 aliphatic carbocycles. The minimum atomic E-state index is -0.0919. The van der Waals surface area contributed by atoms with E-state index in [4.69, 9.17) is 0 Å². The van der Waals surface area contributed by atoms with Crippen LogP contribution in [0.1, 0.15) is 37.7 Å². The number of anilines is 1. The molecule has 0 amide bonds. The number of hydrogen-bond donors (Lipinski definition) is 1. The SMILES string of the molecule is Cc1cccc(F)c1NC1CC2CC1C1CCCC21. The molecule has 4 rings (SSSR count). The number of aryl methyl sites for hydroxylation is 1. The van der Waals surface area contributed by atoms with E-state index < -0.39 is 0 Å². The second-order valence-electron chi connectivity index (χ2n) is 6.84. The summed E-state index contributed by atoms with van der Waals surface area (Å²) in [7, 11) is 0. The minimum Gasteiger partial charge on any atom is -0.379 e. The van der Waals surface area contributed by atoms with E-state index in [1.54, 1.807) is 12.1 Å². The van der Waals surface area contributed by atoms with Crippen LogP contribution in [0.15, 0.2) is 18.2 Å². The summed E-state index contributed by atoms with van der Waals surface area (Å²) < 4.78 is 14.0. The highest BCUT2D eigenvalue weighted by molar-refractivity contribution is 5.52. The van der Waals surface area contributed by atoms with Crippen molar-refractivity contribution in [1.29, 1.82) is 0 Å². The van der Waals surface area contributed by atoms with Crippen molar-refractivity contribution in [3.63, 3.8) is 0 Å². The van der Waals surface area contributed by atoms with Crippen LogP contribution in [-0.4, -0.2) is 6.04 Å². The third-order valence-electron chi connectivity index (χ3n) is 5.98. The molecule has 102 valence electrons. The third-order valence-corrected chi connectivity index (χ3v) is 5.98. The van der Waals surface area contributed by atoms with Crippen LogP contribution in [0.2, 0.25) is 0 Å². The molecule has 1 nitrogen and oxygen atoms in total. The number of rotatable bonds is 2. The molecule has 19 heavy (non-hydrogen) atoms. The lowest BCUT2D eigenvalue weighted by Gasteiger charge is -2.33. The van der Waals surface area contributed by atoms with Crippen LogP contribution in [0, 0.1) is 36.4 Å². The molecule has 0 radical (unpaired) electrons. The second kappa shape index (κ2) is 4.22. The molecule has 0 aliphatic heterocycles. The normalized spacial score (nSPS) is 39.6. The Morgan fingerprint density at radius 3 is 2.79 bits per heavy atom. The van der Waals surface area contributed by atoms with Crippen LogP contribution >= 0.6 is 0 Å². The summed E-state index contributed by atoms with van der Waals surface area (Å²) in [6, 6.07) is 5.88. The Morgan fingerprint density at radius 2 is 1.95 bits per heavy atom. The molecule has 3 saturated carbocycles. The average molecular weight is 259 g/mol. The molecule has 0 saturated heterocycles. The van der Waals surface area contributed by atoms with Crippen molar-refractivity contribution in [2.45, 2.75) is 45.1 Å². The van der Waals surface area contributed by atoms with E-state index in [-0.39, 0.29) is 5.82 Å². The van der Waals surface area contributed by atoms with Crippen molar-refractivity contribution in [2.75, 3.05) is 5.32 Å². The first kappa shape index (κ1) is 11.7. The van der Waals surface area contributed by atoms with Crippen LogP contribution in [0.3, 0.4) is 0 Å². The fraction of sp³-hybridized carbons (Fsp3) is 0.647. The van der Waals surface area contributed by atoms with E-state index in [0.717, 1.165) is 34.9 Å². The van der Waals surface area contributed by atoms with Gasteiger partial charge in [-0.2, -0.15) is 0 Å². The fourth-order valence-electron chi connectivity index (χ4n) is 5.23. The van der Waals surface area contributed by atoms with E-state index in [0.29, 0.717) is 6.04 Å². The van der Waals surface area contributed by atoms with E-state index >= 15 is 0 Å². The van der Waals surface area contributed by atoms with Gasteiger partial charge in [-0.3, -0.25) is 0 Å². The van der Waals surface area contributed by atoms with Gasteiger partial charge in [0.2, 0.25) is 0 Å². The number of halogens is 1. The molecule has 0 heterocycles. The first-order chi connectivity index (χ1) is 9.24. The topological polar surface area (TPSA) is 12.0 Å². The molecule has 3 aliphatic rings. The Balaban J connectivity index is 1.56. The zero-order valence-electron chi connectivity index (χ0n) is 11.5. The van der Waals surface area contributed by atoms with E-state index in [2.05, 4.69) is 5.32 Å². The van der Waals surface area contributed by atoms with Gasteiger partial charge >= 0.3 is 0 Å². The molecular weight excluding hydrogens is 237 g/mol. The molecule has 1 N–H and O–H groups in total. The minimum absolute atomic E-state index is 0.0919. The standard InChI is InChI=1S/C17H22FN/c1-10-4-2-7-15(18)17(10)19-16-9-11-8-14(16)13-6-3-5-12(11)13/h2,4,7,11-14,16,19H,3,5-6,8-9H2,1H3. The van der Waals surface area contributed by atoms with Crippen LogP contribution in [0.4, 0.5) is 10.1 Å². The summed E-state index contributed by atoms with van der Waals surface area (Å²) in [4.78, 5) is 0. The van der Waals surface area contributed by atoms with Gasteiger partial charge in [-0.15, -0.1) is 0 Å². The Morgan fingerprint density at radius 1 is 1.11 bits per heavy atom. The van der Waals surface area contributed by atoms with Crippen molar-refractivity contribution in [3.8, 4) is 0 Å². The Labute approximate surface area is 114 Å². The second-order valence-corrected chi connectivity index (χ2v) is 6.84.